The third-order valence-corrected chi connectivity index (χ3v) is 3.65. The van der Waals surface area contributed by atoms with Gasteiger partial charge in [0.25, 0.3) is 0 Å². The molecule has 0 aliphatic rings. The zero-order chi connectivity index (χ0) is 14.5. The van der Waals surface area contributed by atoms with E-state index in [2.05, 4.69) is 31.2 Å². The maximum Gasteiger partial charge on any atom is 0.335 e. The highest BCUT2D eigenvalue weighted by atomic mass is 16.4. The zero-order valence-corrected chi connectivity index (χ0v) is 12.0. The highest BCUT2D eigenvalue weighted by Gasteiger charge is 2.11. The van der Waals surface area contributed by atoms with Crippen molar-refractivity contribution in [1.82, 2.24) is 0 Å². The fourth-order valence-electron chi connectivity index (χ4n) is 2.41. The van der Waals surface area contributed by atoms with Crippen LogP contribution in [-0.4, -0.2) is 11.1 Å². The van der Waals surface area contributed by atoms with Crippen molar-refractivity contribution in [2.75, 3.05) is 0 Å². The van der Waals surface area contributed by atoms with Crippen LogP contribution in [0.25, 0.3) is 11.1 Å². The molecule has 0 amide bonds. The molecule has 0 aliphatic carbocycles. The number of benzene rings is 2. The van der Waals surface area contributed by atoms with E-state index in [4.69, 9.17) is 0 Å². The summed E-state index contributed by atoms with van der Waals surface area (Å²) in [6, 6.07) is 13.9. The molecule has 0 unspecified atom stereocenters. The van der Waals surface area contributed by atoms with Crippen LogP contribution in [-0.2, 0) is 6.42 Å². The summed E-state index contributed by atoms with van der Waals surface area (Å²) in [5.41, 5.74) is 4.60. The number of aryl methyl sites for hydroxylation is 1. The van der Waals surface area contributed by atoms with E-state index in [1.54, 1.807) is 12.1 Å². The van der Waals surface area contributed by atoms with E-state index >= 15 is 0 Å². The van der Waals surface area contributed by atoms with E-state index < -0.39 is 5.97 Å². The molecule has 0 aliphatic heterocycles. The first-order valence-electron chi connectivity index (χ1n) is 7.05. The smallest absolute Gasteiger partial charge is 0.335 e. The topological polar surface area (TPSA) is 37.3 Å². The number of aromatic carboxylic acids is 1. The Morgan fingerprint density at radius 3 is 2.40 bits per heavy atom. The molecule has 0 fully saturated rings. The third-order valence-electron chi connectivity index (χ3n) is 3.65. The molecule has 0 aromatic heterocycles. The lowest BCUT2D eigenvalue weighted by Gasteiger charge is -2.09. The molecule has 0 bridgehead atoms. The predicted octanol–water partition coefficient (Wildman–Crippen LogP) is 4.70. The van der Waals surface area contributed by atoms with Gasteiger partial charge in [-0.2, -0.15) is 0 Å². The van der Waals surface area contributed by atoms with Crippen molar-refractivity contribution in [3.8, 4) is 11.1 Å². The quantitative estimate of drug-likeness (QED) is 0.853. The standard InChI is InChI=1S/C18H20O2/c1-3-4-6-14-9-11-15(12-10-14)16-7-5-8-17(13(16)2)18(19)20/h5,7-12H,3-4,6H2,1-2H3,(H,19,20). The Labute approximate surface area is 120 Å². The fraction of sp³-hybridized carbons (Fsp3) is 0.278. The van der Waals surface area contributed by atoms with Crippen molar-refractivity contribution in [1.29, 1.82) is 0 Å². The van der Waals surface area contributed by atoms with Gasteiger partial charge in [0.2, 0.25) is 0 Å². The molecule has 0 heterocycles. The second-order valence-electron chi connectivity index (χ2n) is 5.08. The number of rotatable bonds is 5. The van der Waals surface area contributed by atoms with E-state index in [1.807, 2.05) is 13.0 Å². The SMILES string of the molecule is CCCCc1ccc(-c2cccc(C(=O)O)c2C)cc1. The number of unbranched alkanes of at least 4 members (excludes halogenated alkanes) is 1. The summed E-state index contributed by atoms with van der Waals surface area (Å²) in [5, 5.41) is 9.18. The largest absolute Gasteiger partial charge is 0.478 e. The van der Waals surface area contributed by atoms with E-state index in [0.717, 1.165) is 23.1 Å². The maximum absolute atomic E-state index is 11.2. The Morgan fingerprint density at radius 1 is 1.10 bits per heavy atom. The van der Waals surface area contributed by atoms with Crippen LogP contribution >= 0.6 is 0 Å². The van der Waals surface area contributed by atoms with Crippen molar-refractivity contribution in [2.24, 2.45) is 0 Å². The molecule has 0 saturated heterocycles. The van der Waals surface area contributed by atoms with Gasteiger partial charge in [-0.3, -0.25) is 0 Å². The summed E-state index contributed by atoms with van der Waals surface area (Å²) >= 11 is 0. The Bertz CT molecular complexity index is 597. The van der Waals surface area contributed by atoms with Crippen molar-refractivity contribution in [3.05, 3.63) is 59.2 Å². The van der Waals surface area contributed by atoms with Gasteiger partial charge in [-0.1, -0.05) is 49.7 Å². The van der Waals surface area contributed by atoms with Crippen molar-refractivity contribution < 1.29 is 9.90 Å². The van der Waals surface area contributed by atoms with Crippen LogP contribution in [0.2, 0.25) is 0 Å². The van der Waals surface area contributed by atoms with E-state index in [-0.39, 0.29) is 0 Å². The molecular weight excluding hydrogens is 248 g/mol. The number of carboxylic acid groups (broad SMARTS) is 1. The van der Waals surface area contributed by atoms with Gasteiger partial charge < -0.3 is 5.11 Å². The molecule has 2 rings (SSSR count). The summed E-state index contributed by atoms with van der Waals surface area (Å²) in [4.78, 5) is 11.2. The van der Waals surface area contributed by atoms with Crippen LogP contribution in [0.4, 0.5) is 0 Å². The highest BCUT2D eigenvalue weighted by molar-refractivity contribution is 5.92. The molecule has 2 heteroatoms. The van der Waals surface area contributed by atoms with Crippen molar-refractivity contribution in [2.45, 2.75) is 33.1 Å². The normalized spacial score (nSPS) is 10.5. The molecule has 0 spiro atoms. The number of carbonyl (C=O) groups is 1. The maximum atomic E-state index is 11.2. The third kappa shape index (κ3) is 3.08. The minimum atomic E-state index is -0.871. The lowest BCUT2D eigenvalue weighted by Crippen LogP contribution is -2.00. The second kappa shape index (κ2) is 6.38. The van der Waals surface area contributed by atoms with Crippen molar-refractivity contribution >= 4 is 5.97 Å². The molecule has 20 heavy (non-hydrogen) atoms. The van der Waals surface area contributed by atoms with E-state index in [0.29, 0.717) is 5.56 Å². The monoisotopic (exact) mass is 268 g/mol. The van der Waals surface area contributed by atoms with E-state index in [9.17, 15) is 9.90 Å². The lowest BCUT2D eigenvalue weighted by atomic mass is 9.95. The van der Waals surface area contributed by atoms with Gasteiger partial charge in [0.05, 0.1) is 5.56 Å². The lowest BCUT2D eigenvalue weighted by molar-refractivity contribution is 0.0696. The van der Waals surface area contributed by atoms with Crippen LogP contribution in [0, 0.1) is 6.92 Å². The van der Waals surface area contributed by atoms with Crippen LogP contribution in [0.1, 0.15) is 41.3 Å². The first-order valence-corrected chi connectivity index (χ1v) is 7.05. The Kier molecular flexibility index (Phi) is 4.57. The van der Waals surface area contributed by atoms with Crippen LogP contribution in [0.15, 0.2) is 42.5 Å². The number of hydrogen-bond acceptors (Lipinski definition) is 1. The zero-order valence-electron chi connectivity index (χ0n) is 12.0. The molecule has 1 N–H and O–H groups in total. The summed E-state index contributed by atoms with van der Waals surface area (Å²) in [7, 11) is 0. The van der Waals surface area contributed by atoms with Gasteiger partial charge in [-0.25, -0.2) is 4.79 Å². The number of hydrogen-bond donors (Lipinski definition) is 1. The molecule has 0 radical (unpaired) electrons. The Hall–Kier alpha value is -2.09. The molecule has 2 aromatic rings. The molecule has 2 aromatic carbocycles. The van der Waals surface area contributed by atoms with Crippen LogP contribution < -0.4 is 0 Å². The molecule has 2 nitrogen and oxygen atoms in total. The second-order valence-corrected chi connectivity index (χ2v) is 5.08. The molecule has 0 saturated carbocycles. The average Bonchev–Trinajstić information content (AvgIpc) is 2.46. The first kappa shape index (κ1) is 14.3. The molecule has 104 valence electrons. The fourth-order valence-corrected chi connectivity index (χ4v) is 2.41. The van der Waals surface area contributed by atoms with Crippen LogP contribution in [0.3, 0.4) is 0 Å². The van der Waals surface area contributed by atoms with E-state index in [1.165, 1.54) is 18.4 Å². The van der Waals surface area contributed by atoms with Gasteiger partial charge in [0, 0.05) is 0 Å². The van der Waals surface area contributed by atoms with Gasteiger partial charge in [0.15, 0.2) is 0 Å². The summed E-state index contributed by atoms with van der Waals surface area (Å²) in [5.74, 6) is -0.871. The number of carboxylic acids is 1. The summed E-state index contributed by atoms with van der Waals surface area (Å²) < 4.78 is 0. The Morgan fingerprint density at radius 2 is 1.80 bits per heavy atom. The summed E-state index contributed by atoms with van der Waals surface area (Å²) in [6.45, 7) is 4.05. The molecule has 0 atom stereocenters. The van der Waals surface area contributed by atoms with Crippen molar-refractivity contribution in [3.63, 3.8) is 0 Å². The first-order chi connectivity index (χ1) is 9.63. The minimum absolute atomic E-state index is 0.373. The summed E-state index contributed by atoms with van der Waals surface area (Å²) in [6.07, 6.45) is 3.50. The average molecular weight is 268 g/mol. The molecular formula is C18H20O2. The minimum Gasteiger partial charge on any atom is -0.478 e. The van der Waals surface area contributed by atoms with Gasteiger partial charge >= 0.3 is 5.97 Å². The van der Waals surface area contributed by atoms with Gasteiger partial charge in [-0.05, 0) is 48.1 Å². The van der Waals surface area contributed by atoms with Gasteiger partial charge in [0.1, 0.15) is 0 Å². The van der Waals surface area contributed by atoms with Crippen LogP contribution in [0.5, 0.6) is 0 Å². The predicted molar refractivity (Wildman–Crippen MR) is 82.2 cm³/mol. The Balaban J connectivity index is 2.32. The van der Waals surface area contributed by atoms with Gasteiger partial charge in [-0.15, -0.1) is 0 Å². The highest BCUT2D eigenvalue weighted by Crippen LogP contribution is 2.26.